The molecule has 8 rings (SSSR count). The lowest BCUT2D eigenvalue weighted by atomic mass is 9.95. The lowest BCUT2D eigenvalue weighted by Gasteiger charge is -2.36. The van der Waals surface area contributed by atoms with Crippen LogP contribution < -0.4 is 31.2 Å². The zero-order valence-corrected chi connectivity index (χ0v) is 32.7. The number of carbonyl (C=O) groups excluding carboxylic acids is 6. The highest BCUT2D eigenvalue weighted by molar-refractivity contribution is 6.25. The molecule has 6 amide bonds. The number of nitrogens with zero attached hydrogens (tertiary/aromatic N) is 6. The molecule has 19 nitrogen and oxygen atoms in total. The van der Waals surface area contributed by atoms with Crippen molar-refractivity contribution >= 4 is 58.5 Å². The molecule has 5 aliphatic heterocycles. The van der Waals surface area contributed by atoms with E-state index in [2.05, 4.69) is 31.5 Å². The maximum atomic E-state index is 13.5. The van der Waals surface area contributed by atoms with Crippen LogP contribution in [0.25, 0.3) is 0 Å². The molecule has 3 aromatic rings. The van der Waals surface area contributed by atoms with Gasteiger partial charge in [0.15, 0.2) is 11.7 Å². The van der Waals surface area contributed by atoms with Crippen molar-refractivity contribution < 1.29 is 43.0 Å². The number of hydroxylamine groups is 2. The molecule has 19 heteroatoms. The summed E-state index contributed by atoms with van der Waals surface area (Å²) < 4.78 is 11.0. The summed E-state index contributed by atoms with van der Waals surface area (Å²) in [6.45, 7) is 6.31. The van der Waals surface area contributed by atoms with Crippen LogP contribution in [0.1, 0.15) is 62.5 Å². The molecule has 2 unspecified atom stereocenters. The van der Waals surface area contributed by atoms with Gasteiger partial charge in [0.1, 0.15) is 6.26 Å². The largest absolute Gasteiger partial charge is 0.627 e. The van der Waals surface area contributed by atoms with Crippen LogP contribution in [0.4, 0.5) is 23.1 Å². The third kappa shape index (κ3) is 8.36. The van der Waals surface area contributed by atoms with E-state index in [4.69, 9.17) is 14.9 Å². The molecule has 2 atom stereocenters. The first-order chi connectivity index (χ1) is 28.5. The van der Waals surface area contributed by atoms with Crippen molar-refractivity contribution in [2.24, 2.45) is 11.7 Å². The minimum atomic E-state index is -1.11. The molecule has 5 N–H and O–H groups in total. The molecule has 0 bridgehead atoms. The van der Waals surface area contributed by atoms with Gasteiger partial charge >= 0.3 is 5.91 Å². The second kappa shape index (κ2) is 17.1. The van der Waals surface area contributed by atoms with E-state index in [1.54, 1.807) is 17.0 Å². The first-order valence-electron chi connectivity index (χ1n) is 20.1. The first-order valence-corrected chi connectivity index (χ1v) is 20.1. The summed E-state index contributed by atoms with van der Waals surface area (Å²) in [6, 6.07) is 9.90. The van der Waals surface area contributed by atoms with Crippen molar-refractivity contribution in [3.05, 3.63) is 70.3 Å². The maximum Gasteiger partial charge on any atom is 0.335 e. The number of quaternary nitrogens is 1. The van der Waals surface area contributed by atoms with Crippen LogP contribution in [0, 0.1) is 11.1 Å². The van der Waals surface area contributed by atoms with E-state index in [0.717, 1.165) is 16.2 Å². The van der Waals surface area contributed by atoms with E-state index in [1.807, 2.05) is 17.0 Å². The number of imide groups is 1. The van der Waals surface area contributed by atoms with Gasteiger partial charge in [-0.15, -0.1) is 0 Å². The number of rotatable bonds is 11. The van der Waals surface area contributed by atoms with Gasteiger partial charge in [-0.05, 0) is 55.5 Å². The van der Waals surface area contributed by atoms with Gasteiger partial charge in [0, 0.05) is 70.5 Å². The number of carbonyl (C=O) groups is 6. The molecule has 4 fully saturated rings. The van der Waals surface area contributed by atoms with E-state index in [9.17, 15) is 34.0 Å². The van der Waals surface area contributed by atoms with Gasteiger partial charge in [-0.3, -0.25) is 33.8 Å². The summed E-state index contributed by atoms with van der Waals surface area (Å²) in [7, 11) is 0. The Hall–Kier alpha value is -5.89. The number of hydrogen-bond donors (Lipinski definition) is 4. The van der Waals surface area contributed by atoms with Crippen LogP contribution in [0.5, 0.6) is 0 Å². The van der Waals surface area contributed by atoms with Crippen LogP contribution in [0.15, 0.2) is 47.1 Å². The Labute approximate surface area is 339 Å². The number of benzene rings is 2. The third-order valence-electron chi connectivity index (χ3n) is 11.8. The lowest BCUT2D eigenvalue weighted by Crippen LogP contribution is -3.13. The maximum absolute atomic E-state index is 13.5. The fraction of sp³-hybridized carbons (Fsp3) is 0.475. The number of oxazole rings is 1. The van der Waals surface area contributed by atoms with Crippen LogP contribution in [0.2, 0.25) is 0 Å². The second-order valence-corrected chi connectivity index (χ2v) is 15.5. The fourth-order valence-corrected chi connectivity index (χ4v) is 8.48. The summed E-state index contributed by atoms with van der Waals surface area (Å²) in [5.74, 6) is -3.08. The number of hydrogen-bond acceptors (Lipinski definition) is 14. The number of anilines is 4. The van der Waals surface area contributed by atoms with E-state index in [0.29, 0.717) is 109 Å². The number of fused-ring (bicyclic) bond motifs is 1. The highest BCUT2D eigenvalue weighted by atomic mass is 16.5. The average molecular weight is 813 g/mol. The van der Waals surface area contributed by atoms with Crippen molar-refractivity contribution in [1.29, 1.82) is 0 Å². The topological polar surface area (TPSA) is 231 Å². The van der Waals surface area contributed by atoms with Crippen LogP contribution in [0.3, 0.4) is 0 Å². The number of morpholine rings is 1. The summed E-state index contributed by atoms with van der Waals surface area (Å²) in [4.78, 5) is 91.4. The number of primary amides is 1. The molecular weight excluding hydrogens is 765 g/mol. The molecule has 4 saturated heterocycles. The quantitative estimate of drug-likeness (QED) is 0.146. The molecule has 5 aliphatic rings. The fourth-order valence-electron chi connectivity index (χ4n) is 8.48. The number of nitrogens with two attached hydrogens (primary N) is 1. The number of amides is 6. The Balaban J connectivity index is 0.884. The number of piperazine rings is 1. The predicted molar refractivity (Wildman–Crippen MR) is 213 cm³/mol. The Kier molecular flexibility index (Phi) is 11.6. The number of ether oxygens (including phenoxy) is 1. The third-order valence-corrected chi connectivity index (χ3v) is 11.8. The van der Waals surface area contributed by atoms with E-state index < -0.39 is 34.7 Å². The number of nitrogens with one attached hydrogen (secondary N) is 3. The highest BCUT2D eigenvalue weighted by Gasteiger charge is 2.47. The van der Waals surface area contributed by atoms with E-state index in [1.165, 1.54) is 12.3 Å². The Morgan fingerprint density at radius 1 is 0.898 bits per heavy atom. The van der Waals surface area contributed by atoms with Gasteiger partial charge in [-0.2, -0.15) is 4.98 Å². The molecule has 0 radical (unpaired) electrons. The predicted octanol–water partition coefficient (Wildman–Crippen LogP) is -0.111. The molecule has 6 heterocycles. The monoisotopic (exact) mass is 812 g/mol. The van der Waals surface area contributed by atoms with Crippen molar-refractivity contribution in [2.45, 2.75) is 38.3 Å². The van der Waals surface area contributed by atoms with Crippen molar-refractivity contribution in [2.75, 3.05) is 99.1 Å². The smallest absolute Gasteiger partial charge is 0.335 e. The Morgan fingerprint density at radius 2 is 1.66 bits per heavy atom. The van der Waals surface area contributed by atoms with Crippen molar-refractivity contribution in [3.63, 3.8) is 0 Å². The molecule has 59 heavy (non-hydrogen) atoms. The van der Waals surface area contributed by atoms with Crippen molar-refractivity contribution in [1.82, 2.24) is 19.7 Å². The minimum absolute atomic E-state index is 0.0965. The van der Waals surface area contributed by atoms with E-state index in [-0.39, 0.29) is 54.1 Å². The molecule has 2 aromatic carbocycles. The van der Waals surface area contributed by atoms with Gasteiger partial charge < -0.3 is 50.5 Å². The van der Waals surface area contributed by atoms with Gasteiger partial charge in [0.05, 0.1) is 48.8 Å². The summed E-state index contributed by atoms with van der Waals surface area (Å²) in [5.41, 5.74) is 8.76. The van der Waals surface area contributed by atoms with Gasteiger partial charge in [-0.25, -0.2) is 4.79 Å². The standard InChI is InChI=1S/C40H48N10O9/c41-35(52)26-8-11-46(12-9-26)32-21-25(6-7-28(32)43-36(53)30-24-59-40(44-30)48-17-19-58-20-18-48)23-45-13-15-47(16-14-45)33(51)22-42-29-4-1-3-27-34(29)39(56)50(37(27)54)31-5-2-10-49(57)38(31)55/h1,3-4,6-7,21,24,26,31,42,49H,2,5,8-20,22-23H2,(H2,41,52)(H,43,53). The van der Waals surface area contributed by atoms with Gasteiger partial charge in [0.2, 0.25) is 11.8 Å². The van der Waals surface area contributed by atoms with Gasteiger partial charge in [-0.1, -0.05) is 12.1 Å². The number of piperidine rings is 2. The molecular formula is C40H48N10O9. The lowest BCUT2D eigenvalue weighted by molar-refractivity contribution is -0.770. The van der Waals surface area contributed by atoms with Crippen molar-refractivity contribution in [3.8, 4) is 0 Å². The SMILES string of the molecule is NC(=O)C1CCN(c2cc(CN3CCN(C(=O)CNc4cccc5c4C(=O)N(C4CCC[NH+]([O-])C4=O)C5=O)CC3)ccc2NC(=O)c2coc(N3CCOCC3)n2)CC1. The molecule has 312 valence electrons. The summed E-state index contributed by atoms with van der Waals surface area (Å²) in [6.07, 6.45) is 3.22. The number of aromatic nitrogens is 1. The molecule has 0 aliphatic carbocycles. The Morgan fingerprint density at radius 3 is 2.41 bits per heavy atom. The van der Waals surface area contributed by atoms with Gasteiger partial charge in [0.25, 0.3) is 23.7 Å². The second-order valence-electron chi connectivity index (χ2n) is 15.5. The average Bonchev–Trinajstić information content (AvgIpc) is 3.85. The zero-order chi connectivity index (χ0) is 41.2. The minimum Gasteiger partial charge on any atom is -0.627 e. The zero-order valence-electron chi connectivity index (χ0n) is 32.7. The molecule has 0 saturated carbocycles. The molecule has 0 spiro atoms. The highest BCUT2D eigenvalue weighted by Crippen LogP contribution is 2.34. The van der Waals surface area contributed by atoms with Crippen LogP contribution >= 0.6 is 0 Å². The van der Waals surface area contributed by atoms with E-state index >= 15 is 0 Å². The molecule has 1 aromatic heterocycles. The van der Waals surface area contributed by atoms with Crippen LogP contribution in [-0.4, -0.2) is 140 Å². The normalized spacial score (nSPS) is 21.8. The first kappa shape index (κ1) is 39.9. The summed E-state index contributed by atoms with van der Waals surface area (Å²) >= 11 is 0. The Bertz CT molecular complexity index is 2120. The van der Waals surface area contributed by atoms with Crippen LogP contribution in [-0.2, 0) is 25.7 Å². The summed E-state index contributed by atoms with van der Waals surface area (Å²) in [5, 5.41) is 17.6.